The molecule has 0 N–H and O–H groups in total. The third-order valence-corrected chi connectivity index (χ3v) is 2.78. The Hall–Kier alpha value is -2.16. The van der Waals surface area contributed by atoms with E-state index >= 15 is 0 Å². The Morgan fingerprint density at radius 1 is 0.864 bits per heavy atom. The molecule has 1 fully saturated rings. The van der Waals surface area contributed by atoms with Gasteiger partial charge in [0, 0.05) is 20.8 Å². The molecular weight excluding hydrogens is 300 g/mol. The summed E-state index contributed by atoms with van der Waals surface area (Å²) in [5.41, 5.74) is 0. The molecule has 9 nitrogen and oxygen atoms in total. The summed E-state index contributed by atoms with van der Waals surface area (Å²) in [4.78, 5) is 45.4. The normalized spacial score (nSPS) is 27.5. The molecule has 0 radical (unpaired) electrons. The molecule has 3 unspecified atom stereocenters. The van der Waals surface area contributed by atoms with Crippen molar-refractivity contribution in [1.82, 2.24) is 0 Å². The minimum absolute atomic E-state index is 0.213. The van der Waals surface area contributed by atoms with E-state index in [-0.39, 0.29) is 6.61 Å². The highest BCUT2D eigenvalue weighted by Crippen LogP contribution is 2.25. The zero-order chi connectivity index (χ0) is 16.9. The maximum Gasteiger partial charge on any atom is 0.339 e. The molecule has 1 heterocycles. The lowest BCUT2D eigenvalue weighted by Crippen LogP contribution is -2.59. The van der Waals surface area contributed by atoms with Crippen molar-refractivity contribution in [3.8, 4) is 0 Å². The highest BCUT2D eigenvalue weighted by atomic mass is 16.7. The van der Waals surface area contributed by atoms with Crippen molar-refractivity contribution in [2.45, 2.75) is 45.2 Å². The van der Waals surface area contributed by atoms with E-state index in [0.717, 1.165) is 27.9 Å². The van der Waals surface area contributed by atoms with Crippen molar-refractivity contribution in [2.75, 3.05) is 13.7 Å². The molecule has 0 aliphatic carbocycles. The van der Waals surface area contributed by atoms with Crippen LogP contribution in [0.5, 0.6) is 0 Å². The Labute approximate surface area is 126 Å². The summed E-state index contributed by atoms with van der Waals surface area (Å²) in [6.45, 7) is 3.21. The maximum absolute atomic E-state index is 11.7. The molecule has 1 saturated heterocycles. The van der Waals surface area contributed by atoms with Gasteiger partial charge in [-0.05, 0) is 0 Å². The zero-order valence-corrected chi connectivity index (χ0v) is 12.7. The molecule has 1 aliphatic heterocycles. The van der Waals surface area contributed by atoms with Crippen LogP contribution in [-0.4, -0.2) is 62.0 Å². The molecule has 22 heavy (non-hydrogen) atoms. The predicted octanol–water partition coefficient (Wildman–Crippen LogP) is -0.647. The highest BCUT2D eigenvalue weighted by molar-refractivity contribution is 5.77. The number of carbonyl (C=O) groups is 4. The van der Waals surface area contributed by atoms with E-state index in [2.05, 4.69) is 4.74 Å². The van der Waals surface area contributed by atoms with Gasteiger partial charge in [0.05, 0.1) is 13.7 Å². The van der Waals surface area contributed by atoms with Crippen LogP contribution in [0.15, 0.2) is 0 Å². The van der Waals surface area contributed by atoms with Crippen molar-refractivity contribution in [3.05, 3.63) is 0 Å². The first kappa shape index (κ1) is 17.9. The summed E-state index contributed by atoms with van der Waals surface area (Å²) in [6, 6.07) is 0. The molecule has 4 atom stereocenters. The molecular formula is C13H18O9. The SMILES string of the molecule is COC(=O)[C@H]1OCC(OC(C)=O)C(OC(C)=O)C1OC(C)=O. The fourth-order valence-electron chi connectivity index (χ4n) is 2.06. The molecule has 0 amide bonds. The highest BCUT2D eigenvalue weighted by Gasteiger charge is 2.50. The Morgan fingerprint density at radius 2 is 1.36 bits per heavy atom. The molecule has 0 bridgehead atoms. The van der Waals surface area contributed by atoms with Crippen molar-refractivity contribution in [1.29, 1.82) is 0 Å². The van der Waals surface area contributed by atoms with E-state index in [1.165, 1.54) is 0 Å². The Bertz CT molecular complexity index is 458. The number of hydrogen-bond acceptors (Lipinski definition) is 9. The van der Waals surface area contributed by atoms with E-state index < -0.39 is 48.3 Å². The van der Waals surface area contributed by atoms with Gasteiger partial charge in [-0.2, -0.15) is 0 Å². The van der Waals surface area contributed by atoms with Gasteiger partial charge in [0.25, 0.3) is 0 Å². The first-order valence-electron chi connectivity index (χ1n) is 6.47. The minimum atomic E-state index is -1.29. The summed E-state index contributed by atoms with van der Waals surface area (Å²) in [5, 5.41) is 0. The first-order valence-corrected chi connectivity index (χ1v) is 6.47. The van der Waals surface area contributed by atoms with Crippen molar-refractivity contribution in [3.63, 3.8) is 0 Å². The van der Waals surface area contributed by atoms with E-state index in [1.807, 2.05) is 0 Å². The van der Waals surface area contributed by atoms with Crippen LogP contribution in [0.25, 0.3) is 0 Å². The topological polar surface area (TPSA) is 114 Å². The second-order valence-corrected chi connectivity index (χ2v) is 4.57. The molecule has 1 aliphatic rings. The van der Waals surface area contributed by atoms with E-state index in [4.69, 9.17) is 18.9 Å². The minimum Gasteiger partial charge on any atom is -0.467 e. The van der Waals surface area contributed by atoms with Crippen molar-refractivity contribution in [2.24, 2.45) is 0 Å². The fraction of sp³-hybridized carbons (Fsp3) is 0.692. The van der Waals surface area contributed by atoms with Gasteiger partial charge in [0.15, 0.2) is 24.4 Å². The summed E-state index contributed by atoms with van der Waals surface area (Å²) in [5.74, 6) is -2.85. The van der Waals surface area contributed by atoms with Crippen molar-refractivity contribution >= 4 is 23.9 Å². The lowest BCUT2D eigenvalue weighted by Gasteiger charge is -2.39. The Balaban J connectivity index is 3.09. The van der Waals surface area contributed by atoms with Crippen LogP contribution < -0.4 is 0 Å². The molecule has 0 aromatic rings. The van der Waals surface area contributed by atoms with Crippen molar-refractivity contribution < 1.29 is 42.9 Å². The lowest BCUT2D eigenvalue weighted by atomic mass is 9.99. The zero-order valence-electron chi connectivity index (χ0n) is 12.7. The number of methoxy groups -OCH3 is 1. The van der Waals surface area contributed by atoms with E-state index in [1.54, 1.807) is 0 Å². The van der Waals surface area contributed by atoms with Gasteiger partial charge >= 0.3 is 23.9 Å². The molecule has 0 aromatic carbocycles. The van der Waals surface area contributed by atoms with Gasteiger partial charge in [0.1, 0.15) is 0 Å². The van der Waals surface area contributed by atoms with Crippen LogP contribution in [0.1, 0.15) is 20.8 Å². The van der Waals surface area contributed by atoms with E-state index in [9.17, 15) is 19.2 Å². The number of esters is 4. The van der Waals surface area contributed by atoms with Crippen LogP contribution >= 0.6 is 0 Å². The van der Waals surface area contributed by atoms with Gasteiger partial charge in [0.2, 0.25) is 0 Å². The lowest BCUT2D eigenvalue weighted by molar-refractivity contribution is -0.229. The molecule has 0 saturated carbocycles. The van der Waals surface area contributed by atoms with Gasteiger partial charge in [-0.15, -0.1) is 0 Å². The van der Waals surface area contributed by atoms with Gasteiger partial charge < -0.3 is 23.7 Å². The summed E-state index contributed by atoms with van der Waals surface area (Å²) in [6.07, 6.45) is -4.76. The Kier molecular flexibility index (Phi) is 6.29. The van der Waals surface area contributed by atoms with Crippen LogP contribution in [0.3, 0.4) is 0 Å². The second-order valence-electron chi connectivity index (χ2n) is 4.57. The maximum atomic E-state index is 11.7. The number of ether oxygens (including phenoxy) is 5. The van der Waals surface area contributed by atoms with Crippen LogP contribution in [0.2, 0.25) is 0 Å². The monoisotopic (exact) mass is 318 g/mol. The molecule has 0 aromatic heterocycles. The average molecular weight is 318 g/mol. The summed E-state index contributed by atoms with van der Waals surface area (Å²) in [7, 11) is 1.13. The fourth-order valence-corrected chi connectivity index (χ4v) is 2.06. The number of rotatable bonds is 4. The van der Waals surface area contributed by atoms with Crippen LogP contribution in [-0.2, 0) is 42.9 Å². The van der Waals surface area contributed by atoms with Crippen LogP contribution in [0.4, 0.5) is 0 Å². The third-order valence-electron chi connectivity index (χ3n) is 2.78. The predicted molar refractivity (Wildman–Crippen MR) is 68.4 cm³/mol. The molecule has 9 heteroatoms. The van der Waals surface area contributed by atoms with E-state index in [0.29, 0.717) is 0 Å². The standard InChI is InChI=1S/C13H18O9/c1-6(14)20-9-5-19-12(13(17)18-4)11(22-8(3)16)10(9)21-7(2)15/h9-12H,5H2,1-4H3/t9?,10?,11?,12-/m0/s1. The average Bonchev–Trinajstić information content (AvgIpc) is 2.40. The second kappa shape index (κ2) is 7.74. The molecule has 1 rings (SSSR count). The quantitative estimate of drug-likeness (QED) is 0.492. The third kappa shape index (κ3) is 4.69. The number of carbonyl (C=O) groups excluding carboxylic acids is 4. The van der Waals surface area contributed by atoms with Crippen LogP contribution in [0, 0.1) is 0 Å². The summed E-state index contributed by atoms with van der Waals surface area (Å²) < 4.78 is 24.9. The van der Waals surface area contributed by atoms with Gasteiger partial charge in [-0.1, -0.05) is 0 Å². The first-order chi connectivity index (χ1) is 10.3. The smallest absolute Gasteiger partial charge is 0.339 e. The Morgan fingerprint density at radius 3 is 1.82 bits per heavy atom. The number of hydrogen-bond donors (Lipinski definition) is 0. The van der Waals surface area contributed by atoms with Gasteiger partial charge in [-0.3, -0.25) is 14.4 Å². The molecule has 0 spiro atoms. The van der Waals surface area contributed by atoms with Gasteiger partial charge in [-0.25, -0.2) is 4.79 Å². The summed E-state index contributed by atoms with van der Waals surface area (Å²) >= 11 is 0. The largest absolute Gasteiger partial charge is 0.467 e. The molecule has 124 valence electrons.